The Bertz CT molecular complexity index is 874. The summed E-state index contributed by atoms with van der Waals surface area (Å²) in [5.41, 5.74) is 2.07. The third-order valence-electron chi connectivity index (χ3n) is 5.59. The Morgan fingerprint density at radius 1 is 1.16 bits per heavy atom. The molecule has 0 amide bonds. The van der Waals surface area contributed by atoms with E-state index in [4.69, 9.17) is 11.6 Å². The van der Waals surface area contributed by atoms with Crippen LogP contribution in [-0.4, -0.2) is 29.1 Å². The van der Waals surface area contributed by atoms with Crippen LogP contribution < -0.4 is 0 Å². The molecule has 0 N–H and O–H groups in total. The fraction of sp³-hybridized carbons (Fsp3) is 0.407. The smallest absolute Gasteiger partial charge is 0.155 e. The predicted octanol–water partition coefficient (Wildman–Crippen LogP) is 7.06. The molecule has 2 rings (SSSR count). The van der Waals surface area contributed by atoms with Crippen LogP contribution >= 0.6 is 22.9 Å². The third kappa shape index (κ3) is 8.76. The number of halogens is 1. The Balaban J connectivity index is 2.09. The Labute approximate surface area is 201 Å². The number of ketones is 2. The first-order valence-corrected chi connectivity index (χ1v) is 12.6. The molecule has 5 heteroatoms. The first kappa shape index (κ1) is 26.1. The van der Waals surface area contributed by atoms with Gasteiger partial charge in [-0.3, -0.25) is 9.59 Å². The van der Waals surface area contributed by atoms with Crippen molar-refractivity contribution in [3.63, 3.8) is 0 Å². The highest BCUT2D eigenvalue weighted by molar-refractivity contribution is 7.09. The quantitative estimate of drug-likeness (QED) is 0.246. The molecule has 0 saturated heterocycles. The maximum absolute atomic E-state index is 13.3. The second-order valence-electron chi connectivity index (χ2n) is 7.97. The summed E-state index contributed by atoms with van der Waals surface area (Å²) in [6.07, 6.45) is 6.63. The van der Waals surface area contributed by atoms with Gasteiger partial charge in [-0.1, -0.05) is 49.4 Å². The van der Waals surface area contributed by atoms with Crippen LogP contribution in [0.25, 0.3) is 0 Å². The van der Waals surface area contributed by atoms with Crippen LogP contribution in [0.2, 0.25) is 5.02 Å². The van der Waals surface area contributed by atoms with Gasteiger partial charge in [0.2, 0.25) is 0 Å². The lowest BCUT2D eigenvalue weighted by atomic mass is 9.96. The number of hydrogen-bond acceptors (Lipinski definition) is 4. The zero-order valence-corrected chi connectivity index (χ0v) is 20.6. The molecule has 0 aliphatic carbocycles. The van der Waals surface area contributed by atoms with Gasteiger partial charge in [-0.25, -0.2) is 0 Å². The Hall–Kier alpha value is -2.17. The van der Waals surface area contributed by atoms with Crippen LogP contribution in [0, 0.1) is 0 Å². The molecule has 0 bridgehead atoms. The van der Waals surface area contributed by atoms with Gasteiger partial charge in [-0.15, -0.1) is 17.9 Å². The predicted molar refractivity (Wildman–Crippen MR) is 136 cm³/mol. The number of allylic oxidation sites excluding steroid dienone is 2. The summed E-state index contributed by atoms with van der Waals surface area (Å²) in [4.78, 5) is 29.3. The van der Waals surface area contributed by atoms with E-state index >= 15 is 0 Å². The van der Waals surface area contributed by atoms with Crippen LogP contribution in [0.1, 0.15) is 55.9 Å². The van der Waals surface area contributed by atoms with Crippen LogP contribution in [0.3, 0.4) is 0 Å². The molecular formula is C27H34ClNO2S. The van der Waals surface area contributed by atoms with E-state index in [9.17, 15) is 9.59 Å². The lowest BCUT2D eigenvalue weighted by molar-refractivity contribution is -0.128. The summed E-state index contributed by atoms with van der Waals surface area (Å²) in [6, 6.07) is 11.4. The van der Waals surface area contributed by atoms with Crippen LogP contribution in [0.4, 0.5) is 0 Å². The summed E-state index contributed by atoms with van der Waals surface area (Å²) in [6.45, 7) is 10.7. The summed E-state index contributed by atoms with van der Waals surface area (Å²) in [7, 11) is 0. The molecule has 0 fully saturated rings. The molecule has 0 saturated carbocycles. The average Bonchev–Trinajstić information content (AvgIpc) is 3.31. The van der Waals surface area contributed by atoms with Gasteiger partial charge >= 0.3 is 0 Å². The molecule has 172 valence electrons. The second kappa shape index (κ2) is 14.1. The minimum atomic E-state index is -0.454. The normalized spacial score (nSPS) is 11.7. The van der Waals surface area contributed by atoms with E-state index in [0.717, 1.165) is 36.9 Å². The Kier molecular flexibility index (Phi) is 11.5. The molecule has 1 aromatic carbocycles. The summed E-state index contributed by atoms with van der Waals surface area (Å²) in [5, 5.41) is 2.77. The molecule has 32 heavy (non-hydrogen) atoms. The van der Waals surface area contributed by atoms with Crippen molar-refractivity contribution in [3.05, 3.63) is 82.2 Å². The van der Waals surface area contributed by atoms with Crippen LogP contribution in [0.5, 0.6) is 0 Å². The molecule has 0 aliphatic rings. The number of rotatable bonds is 16. The second-order valence-corrected chi connectivity index (χ2v) is 9.44. The van der Waals surface area contributed by atoms with Gasteiger partial charge < -0.3 is 4.90 Å². The monoisotopic (exact) mass is 471 g/mol. The highest BCUT2D eigenvalue weighted by atomic mass is 35.5. The number of hydrogen-bond donors (Lipinski definition) is 0. The minimum absolute atomic E-state index is 0.103. The number of aryl methyl sites for hydroxylation is 1. The number of carbonyl (C=O) groups is 2. The van der Waals surface area contributed by atoms with Crippen molar-refractivity contribution in [2.45, 2.75) is 64.3 Å². The number of nitrogens with zero attached hydrogens (tertiary/aromatic N) is 1. The third-order valence-corrected chi connectivity index (χ3v) is 6.78. The van der Waals surface area contributed by atoms with Crippen LogP contribution in [0.15, 0.2) is 66.7 Å². The van der Waals surface area contributed by atoms with E-state index in [1.807, 2.05) is 37.3 Å². The summed E-state index contributed by atoms with van der Waals surface area (Å²) < 4.78 is 0. The van der Waals surface area contributed by atoms with Crippen molar-refractivity contribution >= 4 is 34.5 Å². The molecule has 0 spiro atoms. The maximum atomic E-state index is 13.3. The fourth-order valence-corrected chi connectivity index (χ4v) is 4.51. The van der Waals surface area contributed by atoms with Crippen molar-refractivity contribution in [1.82, 2.24) is 4.90 Å². The lowest BCUT2D eigenvalue weighted by Gasteiger charge is -2.34. The Morgan fingerprint density at radius 3 is 2.53 bits per heavy atom. The molecule has 3 nitrogen and oxygen atoms in total. The van der Waals surface area contributed by atoms with E-state index in [1.54, 1.807) is 17.4 Å². The standard InChI is InChI=1S/C27H34ClNO2S/c1-4-6-10-24(30)20-26(27(31)12-7-9-22-13-15-23(28)16-14-22)29(21(3)5-2)18-17-25-11-8-19-32-25/h4,8,11,13-16,19,26H,1,3,5-7,9-10,12,17-18,20H2,2H3. The summed E-state index contributed by atoms with van der Waals surface area (Å²) in [5.74, 6) is 0.220. The largest absolute Gasteiger partial charge is 0.364 e. The van der Waals surface area contributed by atoms with Crippen molar-refractivity contribution in [1.29, 1.82) is 0 Å². The lowest BCUT2D eigenvalue weighted by Crippen LogP contribution is -2.43. The fourth-order valence-electron chi connectivity index (χ4n) is 3.69. The van der Waals surface area contributed by atoms with E-state index in [-0.39, 0.29) is 18.0 Å². The molecule has 0 aliphatic heterocycles. The average molecular weight is 472 g/mol. The number of carbonyl (C=O) groups excluding carboxylic acids is 2. The zero-order valence-electron chi connectivity index (χ0n) is 19.0. The highest BCUT2D eigenvalue weighted by Gasteiger charge is 2.28. The molecule has 1 atom stereocenters. The molecule has 0 radical (unpaired) electrons. The summed E-state index contributed by atoms with van der Waals surface area (Å²) >= 11 is 7.68. The van der Waals surface area contributed by atoms with Gasteiger partial charge in [-0.2, -0.15) is 0 Å². The van der Waals surface area contributed by atoms with E-state index in [2.05, 4.69) is 29.5 Å². The molecule has 1 heterocycles. The van der Waals surface area contributed by atoms with Gasteiger partial charge in [0.1, 0.15) is 5.78 Å². The van der Waals surface area contributed by atoms with Gasteiger partial charge in [-0.05, 0) is 61.2 Å². The van der Waals surface area contributed by atoms with Gasteiger partial charge in [0, 0.05) is 41.4 Å². The zero-order chi connectivity index (χ0) is 23.3. The molecular weight excluding hydrogens is 438 g/mol. The van der Waals surface area contributed by atoms with Crippen molar-refractivity contribution < 1.29 is 9.59 Å². The molecule has 2 aromatic rings. The van der Waals surface area contributed by atoms with Gasteiger partial charge in [0.25, 0.3) is 0 Å². The van der Waals surface area contributed by atoms with Crippen LogP contribution in [-0.2, 0) is 22.4 Å². The van der Waals surface area contributed by atoms with E-state index in [0.29, 0.717) is 30.8 Å². The van der Waals surface area contributed by atoms with Crippen molar-refractivity contribution in [2.75, 3.05) is 6.54 Å². The first-order chi connectivity index (χ1) is 15.4. The minimum Gasteiger partial charge on any atom is -0.364 e. The first-order valence-electron chi connectivity index (χ1n) is 11.3. The Morgan fingerprint density at radius 2 is 1.91 bits per heavy atom. The SMILES string of the molecule is C=CCCC(=O)CC(C(=O)CCCc1ccc(Cl)cc1)N(CCc1cccs1)C(=C)CC. The van der Waals surface area contributed by atoms with Gasteiger partial charge in [0.05, 0.1) is 6.04 Å². The van der Waals surface area contributed by atoms with Crippen molar-refractivity contribution in [2.24, 2.45) is 0 Å². The van der Waals surface area contributed by atoms with E-state index in [1.165, 1.54) is 4.88 Å². The number of Topliss-reactive ketones (excluding diaryl/α,β-unsaturated/α-hetero) is 2. The molecule has 1 unspecified atom stereocenters. The topological polar surface area (TPSA) is 37.4 Å². The molecule has 1 aromatic heterocycles. The highest BCUT2D eigenvalue weighted by Crippen LogP contribution is 2.21. The van der Waals surface area contributed by atoms with E-state index < -0.39 is 6.04 Å². The maximum Gasteiger partial charge on any atom is 0.155 e. The number of benzene rings is 1. The van der Waals surface area contributed by atoms with Gasteiger partial charge in [0.15, 0.2) is 5.78 Å². The number of thiophene rings is 1. The van der Waals surface area contributed by atoms with Crippen molar-refractivity contribution in [3.8, 4) is 0 Å².